The second-order valence-electron chi connectivity index (χ2n) is 12.5. The van der Waals surface area contributed by atoms with E-state index >= 15 is 0 Å². The number of benzene rings is 4. The Bertz CT molecular complexity index is 2010. The number of nitrogens with zero attached hydrogens (tertiary/aromatic N) is 4. The normalized spacial score (nSPS) is 14.0. The van der Waals surface area contributed by atoms with Gasteiger partial charge < -0.3 is 29.4 Å². The van der Waals surface area contributed by atoms with Crippen LogP contribution in [0, 0.1) is 12.8 Å². The number of rotatable bonds is 10. The highest BCUT2D eigenvalue weighted by Crippen LogP contribution is 2.45. The zero-order valence-electron chi connectivity index (χ0n) is 30.0. The molecular formula is C40H43BrCl2N4O6. The van der Waals surface area contributed by atoms with E-state index in [4.69, 9.17) is 16.3 Å². The first-order valence-corrected chi connectivity index (χ1v) is 19.4. The summed E-state index contributed by atoms with van der Waals surface area (Å²) in [4.78, 5) is 58.4. The van der Waals surface area contributed by atoms with Crippen LogP contribution in [0.2, 0.25) is 0 Å². The van der Waals surface area contributed by atoms with Gasteiger partial charge in [-0.15, -0.1) is 36.0 Å². The van der Waals surface area contributed by atoms with Gasteiger partial charge in [-0.3, -0.25) is 14.4 Å². The van der Waals surface area contributed by atoms with E-state index in [2.05, 4.69) is 40.4 Å². The second-order valence-corrected chi connectivity index (χ2v) is 13.4. The molecule has 2 heterocycles. The molecule has 6 rings (SSSR count). The summed E-state index contributed by atoms with van der Waals surface area (Å²) in [6, 6.07) is 18.6. The smallest absolute Gasteiger partial charge is 0.415 e. The number of hydrogen-bond acceptors (Lipinski definition) is 6. The summed E-state index contributed by atoms with van der Waals surface area (Å²) in [7, 11) is 3.29. The Balaban J connectivity index is 0.00000152. The van der Waals surface area contributed by atoms with Gasteiger partial charge in [-0.1, -0.05) is 64.5 Å². The van der Waals surface area contributed by atoms with E-state index in [9.17, 15) is 24.3 Å². The molecule has 0 spiro atoms. The van der Waals surface area contributed by atoms with E-state index in [0.717, 1.165) is 32.7 Å². The molecule has 2 aliphatic heterocycles. The minimum atomic E-state index is -0.569. The van der Waals surface area contributed by atoms with Gasteiger partial charge in [0.15, 0.2) is 0 Å². The van der Waals surface area contributed by atoms with E-state index in [1.165, 1.54) is 16.2 Å². The molecule has 0 fully saturated rings. The summed E-state index contributed by atoms with van der Waals surface area (Å²) in [5.74, 6) is 0.431. The molecular weight excluding hydrogens is 783 g/mol. The average molecular weight is 827 g/mol. The third-order valence-electron chi connectivity index (χ3n) is 9.50. The zero-order valence-corrected chi connectivity index (χ0v) is 33.1. The van der Waals surface area contributed by atoms with Gasteiger partial charge in [0.2, 0.25) is 17.7 Å². The highest BCUT2D eigenvalue weighted by Gasteiger charge is 2.35. The van der Waals surface area contributed by atoms with Gasteiger partial charge in [0.1, 0.15) is 11.5 Å². The predicted molar refractivity (Wildman–Crippen MR) is 217 cm³/mol. The first-order valence-electron chi connectivity index (χ1n) is 17.0. The summed E-state index contributed by atoms with van der Waals surface area (Å²) < 4.78 is 5.87. The molecule has 0 saturated carbocycles. The van der Waals surface area contributed by atoms with Crippen molar-refractivity contribution >= 4 is 95.9 Å². The molecule has 0 aliphatic carbocycles. The molecule has 0 aromatic heterocycles. The quantitative estimate of drug-likeness (QED) is 0.131. The molecule has 4 aromatic carbocycles. The number of likely N-dealkylation sites (N-methyl/N-ethyl adjacent to an activating group) is 2. The number of aromatic hydroxyl groups is 1. The molecule has 53 heavy (non-hydrogen) atoms. The van der Waals surface area contributed by atoms with Crippen molar-refractivity contribution in [2.45, 2.75) is 31.6 Å². The molecule has 13 heteroatoms. The highest BCUT2D eigenvalue weighted by molar-refractivity contribution is 9.09. The summed E-state index contributed by atoms with van der Waals surface area (Å²) in [6.07, 6.45) is 10.2. The zero-order chi connectivity index (χ0) is 38.8. The molecule has 10 nitrogen and oxygen atoms in total. The van der Waals surface area contributed by atoms with Crippen molar-refractivity contribution in [3.63, 3.8) is 0 Å². The summed E-state index contributed by atoms with van der Waals surface area (Å²) in [5.41, 5.74) is 3.35. The van der Waals surface area contributed by atoms with Crippen LogP contribution in [0.5, 0.6) is 11.5 Å². The number of alkyl halides is 3. The van der Waals surface area contributed by atoms with Crippen LogP contribution in [0.25, 0.3) is 21.5 Å². The van der Waals surface area contributed by atoms with E-state index in [1.807, 2.05) is 48.5 Å². The van der Waals surface area contributed by atoms with E-state index < -0.39 is 6.09 Å². The molecule has 4 amide bonds. The van der Waals surface area contributed by atoms with Gasteiger partial charge in [-0.2, -0.15) is 0 Å². The third kappa shape index (κ3) is 8.84. The minimum Gasteiger partial charge on any atom is -0.507 e. The molecule has 0 saturated heterocycles. The van der Waals surface area contributed by atoms with Crippen LogP contribution in [-0.2, 0) is 20.8 Å². The third-order valence-corrected chi connectivity index (χ3v) is 10.4. The average Bonchev–Trinajstić information content (AvgIpc) is 3.80. The molecule has 1 atom stereocenters. The molecule has 4 aromatic rings. The van der Waals surface area contributed by atoms with Crippen molar-refractivity contribution in [1.29, 1.82) is 0 Å². The van der Waals surface area contributed by atoms with E-state index in [1.54, 1.807) is 36.0 Å². The van der Waals surface area contributed by atoms with Crippen molar-refractivity contribution < 1.29 is 29.0 Å². The predicted octanol–water partition coefficient (Wildman–Crippen LogP) is 7.52. The Labute approximate surface area is 328 Å². The number of amides is 4. The van der Waals surface area contributed by atoms with Crippen LogP contribution in [0.4, 0.5) is 16.2 Å². The van der Waals surface area contributed by atoms with Gasteiger partial charge in [0.05, 0.1) is 16.7 Å². The molecule has 0 unspecified atom stereocenters. The molecule has 0 bridgehead atoms. The highest BCUT2D eigenvalue weighted by atomic mass is 79.9. The first-order chi connectivity index (χ1) is 25.6. The number of anilines is 2. The molecule has 1 N–H and O–H groups in total. The van der Waals surface area contributed by atoms with Crippen LogP contribution >= 0.6 is 39.1 Å². The maximum atomic E-state index is 13.6. The van der Waals surface area contributed by atoms with Crippen LogP contribution < -0.4 is 14.5 Å². The van der Waals surface area contributed by atoms with Gasteiger partial charge in [-0.25, -0.2) is 4.79 Å². The standard InChI is InChI=1S/C37H38BrClN4O6.C2H2.CH3Cl/c1-40(35(47)20-38)16-17-41(2)37(48)49-32-19-29-25(24-8-3-5-10-27(24)32)14-15-42(29)33(45)12-7-13-34(46)43-22-23(21-39)36-28-11-6-4-9-26(28)31(44)18-30(36)43;2*1-2/h3-6,8-11,18-19,23,44H,7,12-17,20-22H2,1-2H3;1-2H;1H3/t23-;;/m1../s1. The van der Waals surface area contributed by atoms with Crippen molar-refractivity contribution in [2.24, 2.45) is 0 Å². The van der Waals surface area contributed by atoms with Crippen LogP contribution in [0.3, 0.4) is 0 Å². The van der Waals surface area contributed by atoms with Gasteiger partial charge in [0, 0.05) is 94.2 Å². The summed E-state index contributed by atoms with van der Waals surface area (Å²) >= 11 is 14.1. The maximum Gasteiger partial charge on any atom is 0.415 e. The fourth-order valence-corrected chi connectivity index (χ4v) is 7.50. The summed E-state index contributed by atoms with van der Waals surface area (Å²) in [5, 5.41) is 14.2. The Morgan fingerprint density at radius 1 is 0.868 bits per heavy atom. The number of hydrogen-bond donors (Lipinski definition) is 1. The number of carbonyl (C=O) groups is 4. The van der Waals surface area contributed by atoms with Gasteiger partial charge >= 0.3 is 6.09 Å². The first kappa shape index (κ1) is 41.3. The Hall–Kier alpha value is -4.50. The molecule has 2 aliphatic rings. The van der Waals surface area contributed by atoms with Crippen LogP contribution in [0.15, 0.2) is 60.7 Å². The van der Waals surface area contributed by atoms with Crippen molar-refractivity contribution in [3.05, 3.63) is 71.8 Å². The lowest BCUT2D eigenvalue weighted by molar-refractivity contribution is -0.127. The fourth-order valence-electron chi connectivity index (χ4n) is 6.82. The van der Waals surface area contributed by atoms with Crippen LogP contribution in [-0.4, -0.2) is 96.6 Å². The SMILES string of the molecule is C#C.CCl.CN(CCN(C)C(=O)Oc1cc2c(c3ccccc13)CCN2C(=O)CCCC(=O)N1C[C@@H](CCl)c2c1cc(O)c1ccccc21)C(=O)CBr. The van der Waals surface area contributed by atoms with Crippen molar-refractivity contribution in [3.8, 4) is 24.3 Å². The largest absolute Gasteiger partial charge is 0.507 e. The topological polar surface area (TPSA) is 111 Å². The number of carbonyl (C=O) groups excluding carboxylic acids is 4. The number of ether oxygens (including phenoxy) is 1. The number of phenols is 1. The number of fused-ring (bicyclic) bond motifs is 6. The fraction of sp³-hybridized carbons (Fsp3) is 0.350. The lowest BCUT2D eigenvalue weighted by Gasteiger charge is -2.23. The Morgan fingerprint density at radius 3 is 2.09 bits per heavy atom. The lowest BCUT2D eigenvalue weighted by Crippen LogP contribution is -2.38. The number of phenolic OH excluding ortho intramolecular Hbond substituents is 1. The summed E-state index contributed by atoms with van der Waals surface area (Å²) in [6.45, 7) is 1.55. The van der Waals surface area contributed by atoms with E-state index in [-0.39, 0.29) is 54.1 Å². The second kappa shape index (κ2) is 19.0. The van der Waals surface area contributed by atoms with E-state index in [0.29, 0.717) is 55.5 Å². The number of terminal acetylenes is 1. The number of halogens is 3. The minimum absolute atomic E-state index is 0.0588. The Kier molecular flexibility index (Phi) is 14.8. The Morgan fingerprint density at radius 2 is 1.45 bits per heavy atom. The molecule has 0 radical (unpaired) electrons. The lowest BCUT2D eigenvalue weighted by atomic mass is 9.95. The monoisotopic (exact) mass is 824 g/mol. The van der Waals surface area contributed by atoms with Crippen LogP contribution in [0.1, 0.15) is 36.3 Å². The van der Waals surface area contributed by atoms with Crippen molar-refractivity contribution in [1.82, 2.24) is 9.80 Å². The molecule has 280 valence electrons. The van der Waals surface area contributed by atoms with Gasteiger partial charge in [0.25, 0.3) is 0 Å². The van der Waals surface area contributed by atoms with Gasteiger partial charge in [-0.05, 0) is 34.7 Å². The van der Waals surface area contributed by atoms with Crippen molar-refractivity contribution in [2.75, 3.05) is 67.7 Å². The maximum absolute atomic E-state index is 13.6.